The van der Waals surface area contributed by atoms with Gasteiger partial charge in [-0.2, -0.15) is 0 Å². The molecule has 2 nitrogen and oxygen atoms in total. The van der Waals surface area contributed by atoms with Crippen LogP contribution in [-0.4, -0.2) is 10.5 Å². The number of pyridine rings is 1. The summed E-state index contributed by atoms with van der Waals surface area (Å²) in [6, 6.07) is 8.03. The van der Waals surface area contributed by atoms with Crippen molar-refractivity contribution < 1.29 is 0 Å². The summed E-state index contributed by atoms with van der Waals surface area (Å²) in [5.41, 5.74) is 2.54. The van der Waals surface area contributed by atoms with Gasteiger partial charge in [0.2, 0.25) is 0 Å². The standard InChI is InChI=1S/C16H19ClN2/c1-16(8-2-3-9-16)19-11-12-6-7-14(17)13-5-4-10-18-15(12)13/h4-7,10,19H,2-3,8-9,11H2,1H3. The first-order chi connectivity index (χ1) is 9.18. The first-order valence-electron chi connectivity index (χ1n) is 6.95. The van der Waals surface area contributed by atoms with Gasteiger partial charge < -0.3 is 5.32 Å². The monoisotopic (exact) mass is 274 g/mol. The molecule has 0 spiro atoms. The Bertz CT molecular complexity index is 588. The van der Waals surface area contributed by atoms with Gasteiger partial charge in [0.1, 0.15) is 0 Å². The summed E-state index contributed by atoms with van der Waals surface area (Å²) >= 11 is 6.22. The van der Waals surface area contributed by atoms with Crippen LogP contribution in [0.2, 0.25) is 5.02 Å². The van der Waals surface area contributed by atoms with Crippen molar-refractivity contribution in [1.29, 1.82) is 0 Å². The van der Waals surface area contributed by atoms with Crippen LogP contribution in [0.3, 0.4) is 0 Å². The third-order valence-electron chi connectivity index (χ3n) is 4.21. The molecule has 1 heterocycles. The molecule has 0 aliphatic heterocycles. The molecule has 2 aromatic rings. The van der Waals surface area contributed by atoms with E-state index in [1.54, 1.807) is 0 Å². The molecule has 0 atom stereocenters. The minimum atomic E-state index is 0.292. The van der Waals surface area contributed by atoms with Crippen molar-refractivity contribution in [1.82, 2.24) is 10.3 Å². The van der Waals surface area contributed by atoms with Crippen LogP contribution in [0.1, 0.15) is 38.2 Å². The summed E-state index contributed by atoms with van der Waals surface area (Å²) in [4.78, 5) is 4.49. The molecule has 3 rings (SSSR count). The van der Waals surface area contributed by atoms with Gasteiger partial charge in [-0.25, -0.2) is 0 Å². The molecule has 0 bridgehead atoms. The highest BCUT2D eigenvalue weighted by atomic mass is 35.5. The predicted octanol–water partition coefficient (Wildman–Crippen LogP) is 4.31. The molecule has 0 amide bonds. The second-order valence-electron chi connectivity index (χ2n) is 5.73. The molecule has 1 fully saturated rings. The molecule has 1 aliphatic rings. The number of nitrogens with one attached hydrogen (secondary N) is 1. The molecule has 1 aromatic carbocycles. The van der Waals surface area contributed by atoms with E-state index in [-0.39, 0.29) is 0 Å². The van der Waals surface area contributed by atoms with E-state index in [0.717, 1.165) is 22.5 Å². The molecule has 0 saturated heterocycles. The van der Waals surface area contributed by atoms with E-state index in [2.05, 4.69) is 23.3 Å². The van der Waals surface area contributed by atoms with Crippen LogP contribution in [-0.2, 0) is 6.54 Å². The Morgan fingerprint density at radius 2 is 2.05 bits per heavy atom. The SMILES string of the molecule is CC1(NCc2ccc(Cl)c3cccnc23)CCCC1. The van der Waals surface area contributed by atoms with Crippen LogP contribution in [0, 0.1) is 0 Å². The molecule has 0 radical (unpaired) electrons. The second-order valence-corrected chi connectivity index (χ2v) is 6.13. The van der Waals surface area contributed by atoms with Gasteiger partial charge in [-0.1, -0.05) is 30.5 Å². The zero-order valence-corrected chi connectivity index (χ0v) is 12.0. The Hall–Kier alpha value is -1.12. The fourth-order valence-corrected chi connectivity index (χ4v) is 3.20. The molecule has 3 heteroatoms. The van der Waals surface area contributed by atoms with Crippen molar-refractivity contribution >= 4 is 22.5 Å². The highest BCUT2D eigenvalue weighted by molar-refractivity contribution is 6.35. The number of hydrogen-bond acceptors (Lipinski definition) is 2. The van der Waals surface area contributed by atoms with Gasteiger partial charge in [0.25, 0.3) is 0 Å². The van der Waals surface area contributed by atoms with Crippen LogP contribution < -0.4 is 5.32 Å². The lowest BCUT2D eigenvalue weighted by atomic mass is 10.00. The molecule has 1 aromatic heterocycles. The smallest absolute Gasteiger partial charge is 0.0761 e. The van der Waals surface area contributed by atoms with Crippen molar-refractivity contribution in [3.05, 3.63) is 41.0 Å². The van der Waals surface area contributed by atoms with Crippen LogP contribution >= 0.6 is 11.6 Å². The highest BCUT2D eigenvalue weighted by Gasteiger charge is 2.27. The number of aromatic nitrogens is 1. The molecule has 0 unspecified atom stereocenters. The topological polar surface area (TPSA) is 24.9 Å². The van der Waals surface area contributed by atoms with Crippen LogP contribution in [0.5, 0.6) is 0 Å². The van der Waals surface area contributed by atoms with Crippen molar-refractivity contribution in [2.45, 2.75) is 44.7 Å². The molecule has 1 aliphatic carbocycles. The van der Waals surface area contributed by atoms with Gasteiger partial charge >= 0.3 is 0 Å². The fraction of sp³-hybridized carbons (Fsp3) is 0.438. The Morgan fingerprint density at radius 3 is 2.84 bits per heavy atom. The summed E-state index contributed by atoms with van der Waals surface area (Å²) < 4.78 is 0. The quantitative estimate of drug-likeness (QED) is 0.902. The number of fused-ring (bicyclic) bond motifs is 1. The Kier molecular flexibility index (Phi) is 3.46. The van der Waals surface area contributed by atoms with Gasteiger partial charge in [-0.3, -0.25) is 4.98 Å². The number of rotatable bonds is 3. The molecule has 19 heavy (non-hydrogen) atoms. The van der Waals surface area contributed by atoms with E-state index in [1.807, 2.05) is 24.4 Å². The first kappa shape index (κ1) is 12.9. The van der Waals surface area contributed by atoms with Crippen LogP contribution in [0.25, 0.3) is 10.9 Å². The third kappa shape index (κ3) is 2.60. The maximum atomic E-state index is 6.22. The molecular formula is C16H19ClN2. The largest absolute Gasteiger partial charge is 0.307 e. The Labute approximate surface area is 119 Å². The van der Waals surface area contributed by atoms with Crippen LogP contribution in [0.4, 0.5) is 0 Å². The number of hydrogen-bond donors (Lipinski definition) is 1. The Balaban J connectivity index is 1.87. The summed E-state index contributed by atoms with van der Waals surface area (Å²) in [5.74, 6) is 0. The van der Waals surface area contributed by atoms with Gasteiger partial charge in [0.15, 0.2) is 0 Å². The predicted molar refractivity (Wildman–Crippen MR) is 80.5 cm³/mol. The average molecular weight is 275 g/mol. The van der Waals surface area contributed by atoms with Crippen LogP contribution in [0.15, 0.2) is 30.5 Å². The van der Waals surface area contributed by atoms with Crippen molar-refractivity contribution in [2.24, 2.45) is 0 Å². The highest BCUT2D eigenvalue weighted by Crippen LogP contribution is 2.30. The fourth-order valence-electron chi connectivity index (χ4n) is 2.98. The zero-order chi connectivity index (χ0) is 13.3. The number of halogens is 1. The van der Waals surface area contributed by atoms with E-state index in [1.165, 1.54) is 31.2 Å². The average Bonchev–Trinajstić information content (AvgIpc) is 2.86. The number of benzene rings is 1. The molecule has 100 valence electrons. The number of nitrogens with zero attached hydrogens (tertiary/aromatic N) is 1. The van der Waals surface area contributed by atoms with E-state index in [9.17, 15) is 0 Å². The lowest BCUT2D eigenvalue weighted by Crippen LogP contribution is -2.38. The summed E-state index contributed by atoms with van der Waals surface area (Å²) in [6.45, 7) is 3.19. The lowest BCUT2D eigenvalue weighted by Gasteiger charge is -2.25. The normalized spacial score (nSPS) is 18.0. The Morgan fingerprint density at radius 1 is 1.26 bits per heavy atom. The van der Waals surface area contributed by atoms with Crippen molar-refractivity contribution in [3.63, 3.8) is 0 Å². The lowest BCUT2D eigenvalue weighted by molar-refractivity contribution is 0.363. The first-order valence-corrected chi connectivity index (χ1v) is 7.33. The zero-order valence-electron chi connectivity index (χ0n) is 11.2. The maximum Gasteiger partial charge on any atom is 0.0761 e. The molecular weight excluding hydrogens is 256 g/mol. The minimum Gasteiger partial charge on any atom is -0.307 e. The third-order valence-corrected chi connectivity index (χ3v) is 4.54. The van der Waals surface area contributed by atoms with Gasteiger partial charge in [-0.15, -0.1) is 0 Å². The van der Waals surface area contributed by atoms with Gasteiger partial charge in [-0.05, 0) is 43.5 Å². The second kappa shape index (κ2) is 5.10. The van der Waals surface area contributed by atoms with E-state index < -0.39 is 0 Å². The van der Waals surface area contributed by atoms with E-state index >= 15 is 0 Å². The van der Waals surface area contributed by atoms with Crippen molar-refractivity contribution in [3.8, 4) is 0 Å². The van der Waals surface area contributed by atoms with E-state index in [4.69, 9.17) is 11.6 Å². The molecule has 1 saturated carbocycles. The van der Waals surface area contributed by atoms with Gasteiger partial charge in [0.05, 0.1) is 5.52 Å². The minimum absolute atomic E-state index is 0.292. The van der Waals surface area contributed by atoms with Crippen molar-refractivity contribution in [2.75, 3.05) is 0 Å². The summed E-state index contributed by atoms with van der Waals surface area (Å²) in [5, 5.41) is 5.52. The summed E-state index contributed by atoms with van der Waals surface area (Å²) in [7, 11) is 0. The molecule has 1 N–H and O–H groups in total. The van der Waals surface area contributed by atoms with Gasteiger partial charge in [0, 0.05) is 28.7 Å². The van der Waals surface area contributed by atoms with E-state index in [0.29, 0.717) is 5.54 Å². The maximum absolute atomic E-state index is 6.22. The summed E-state index contributed by atoms with van der Waals surface area (Å²) in [6.07, 6.45) is 7.05.